The van der Waals surface area contributed by atoms with Crippen LogP contribution in [0.3, 0.4) is 0 Å². The molecule has 2 rings (SSSR count). The average molecular weight is 388 g/mol. The molecule has 0 saturated carbocycles. The number of aliphatic imine (C=N–C) groups is 1. The molecule has 2 N–H and O–H groups in total. The number of hydrogen-bond donors (Lipinski definition) is 2. The van der Waals surface area contributed by atoms with Gasteiger partial charge in [-0.3, -0.25) is 4.90 Å². The SMILES string of the molecule is CCNC(=NCCOc1ccc(OC)cc1)NC1CCN(CC(F)(F)F)C1. The minimum absolute atomic E-state index is 0.0485. The van der Waals surface area contributed by atoms with Gasteiger partial charge in [0, 0.05) is 25.7 Å². The molecule has 152 valence electrons. The second kappa shape index (κ2) is 10.2. The lowest BCUT2D eigenvalue weighted by atomic mass is 10.3. The molecule has 6 nitrogen and oxygen atoms in total. The standard InChI is InChI=1S/C18H27F3N4O2/c1-3-22-17(24-14-8-10-25(12-14)13-18(19,20)21)23-9-11-27-16-6-4-15(26-2)5-7-16/h4-7,14H,3,8-13H2,1-2H3,(H2,22,23,24). The van der Waals surface area contributed by atoms with Crippen molar-refractivity contribution < 1.29 is 22.6 Å². The molecule has 9 heteroatoms. The van der Waals surface area contributed by atoms with E-state index >= 15 is 0 Å². The Balaban J connectivity index is 1.76. The maximum Gasteiger partial charge on any atom is 0.401 e. The summed E-state index contributed by atoms with van der Waals surface area (Å²) in [5.74, 6) is 2.08. The third-order valence-electron chi connectivity index (χ3n) is 4.05. The van der Waals surface area contributed by atoms with Crippen LogP contribution in [0.4, 0.5) is 13.2 Å². The molecule has 1 aliphatic heterocycles. The monoisotopic (exact) mass is 388 g/mol. The Kier molecular flexibility index (Phi) is 8.02. The topological polar surface area (TPSA) is 58.1 Å². The van der Waals surface area contributed by atoms with Gasteiger partial charge in [0.25, 0.3) is 0 Å². The molecular formula is C18H27F3N4O2. The Labute approximate surface area is 157 Å². The number of likely N-dealkylation sites (tertiary alicyclic amines) is 1. The van der Waals surface area contributed by atoms with Gasteiger partial charge in [0.1, 0.15) is 18.1 Å². The molecular weight excluding hydrogens is 361 g/mol. The second-order valence-electron chi connectivity index (χ2n) is 6.26. The highest BCUT2D eigenvalue weighted by molar-refractivity contribution is 5.80. The van der Waals surface area contributed by atoms with Crippen LogP contribution in [0, 0.1) is 0 Å². The zero-order chi connectivity index (χ0) is 19.7. The van der Waals surface area contributed by atoms with Gasteiger partial charge < -0.3 is 20.1 Å². The minimum Gasteiger partial charge on any atom is -0.497 e. The number of benzene rings is 1. The predicted octanol–water partition coefficient (Wildman–Crippen LogP) is 2.27. The zero-order valence-corrected chi connectivity index (χ0v) is 15.7. The number of ether oxygens (including phenoxy) is 2. The van der Waals surface area contributed by atoms with Gasteiger partial charge in [0.2, 0.25) is 0 Å². The third kappa shape index (κ3) is 7.94. The van der Waals surface area contributed by atoms with Gasteiger partial charge in [0.05, 0.1) is 20.2 Å². The summed E-state index contributed by atoms with van der Waals surface area (Å²) in [6.45, 7) is 3.35. The van der Waals surface area contributed by atoms with E-state index in [0.29, 0.717) is 45.2 Å². The van der Waals surface area contributed by atoms with Crippen LogP contribution in [0.15, 0.2) is 29.3 Å². The molecule has 0 aromatic heterocycles. The van der Waals surface area contributed by atoms with Crippen LogP contribution in [0.25, 0.3) is 0 Å². The molecule has 0 amide bonds. The van der Waals surface area contributed by atoms with Crippen LogP contribution < -0.4 is 20.1 Å². The number of halogens is 3. The Morgan fingerprint density at radius 1 is 1.26 bits per heavy atom. The molecule has 1 aromatic rings. The highest BCUT2D eigenvalue weighted by Gasteiger charge is 2.34. The van der Waals surface area contributed by atoms with Crippen molar-refractivity contribution in [2.45, 2.75) is 25.6 Å². The first kappa shape index (κ1) is 21.1. The largest absolute Gasteiger partial charge is 0.497 e. The van der Waals surface area contributed by atoms with E-state index in [-0.39, 0.29) is 6.04 Å². The summed E-state index contributed by atoms with van der Waals surface area (Å²) < 4.78 is 48.2. The molecule has 1 saturated heterocycles. The van der Waals surface area contributed by atoms with Crippen molar-refractivity contribution in [2.75, 3.05) is 46.4 Å². The normalized spacial score (nSPS) is 18.4. The molecule has 0 aliphatic carbocycles. The van der Waals surface area contributed by atoms with Crippen LogP contribution in [-0.4, -0.2) is 69.5 Å². The fourth-order valence-corrected chi connectivity index (χ4v) is 2.85. The lowest BCUT2D eigenvalue weighted by Crippen LogP contribution is -2.45. The van der Waals surface area contributed by atoms with E-state index < -0.39 is 12.7 Å². The maximum atomic E-state index is 12.5. The van der Waals surface area contributed by atoms with Gasteiger partial charge in [-0.2, -0.15) is 13.2 Å². The van der Waals surface area contributed by atoms with Crippen molar-refractivity contribution in [3.05, 3.63) is 24.3 Å². The third-order valence-corrected chi connectivity index (χ3v) is 4.05. The van der Waals surface area contributed by atoms with Crippen LogP contribution >= 0.6 is 0 Å². The van der Waals surface area contributed by atoms with E-state index in [1.807, 2.05) is 31.2 Å². The molecule has 0 bridgehead atoms. The van der Waals surface area contributed by atoms with Gasteiger partial charge in [-0.05, 0) is 37.6 Å². The van der Waals surface area contributed by atoms with Crippen molar-refractivity contribution in [3.8, 4) is 11.5 Å². The van der Waals surface area contributed by atoms with Gasteiger partial charge in [0.15, 0.2) is 5.96 Å². The van der Waals surface area contributed by atoms with E-state index in [9.17, 15) is 13.2 Å². The molecule has 0 spiro atoms. The molecule has 1 fully saturated rings. The van der Waals surface area contributed by atoms with Crippen LogP contribution in [-0.2, 0) is 0 Å². The average Bonchev–Trinajstić information content (AvgIpc) is 3.04. The number of nitrogens with one attached hydrogen (secondary N) is 2. The van der Waals surface area contributed by atoms with E-state index in [1.54, 1.807) is 7.11 Å². The van der Waals surface area contributed by atoms with Gasteiger partial charge >= 0.3 is 6.18 Å². The number of guanidine groups is 1. The molecule has 1 atom stereocenters. The Morgan fingerprint density at radius 3 is 2.59 bits per heavy atom. The molecule has 1 unspecified atom stereocenters. The summed E-state index contributed by atoms with van der Waals surface area (Å²) in [6, 6.07) is 7.22. The first-order valence-corrected chi connectivity index (χ1v) is 9.00. The minimum atomic E-state index is -4.16. The quantitative estimate of drug-likeness (QED) is 0.407. The number of nitrogens with zero attached hydrogens (tertiary/aromatic N) is 2. The Bertz CT molecular complexity index is 593. The molecule has 0 radical (unpaired) electrons. The number of hydrogen-bond acceptors (Lipinski definition) is 4. The smallest absolute Gasteiger partial charge is 0.401 e. The van der Waals surface area contributed by atoms with E-state index in [1.165, 1.54) is 4.90 Å². The summed E-state index contributed by atoms with van der Waals surface area (Å²) in [7, 11) is 1.60. The predicted molar refractivity (Wildman–Crippen MR) is 98.5 cm³/mol. The highest BCUT2D eigenvalue weighted by Crippen LogP contribution is 2.20. The summed E-state index contributed by atoms with van der Waals surface area (Å²) in [5.41, 5.74) is 0. The van der Waals surface area contributed by atoms with Gasteiger partial charge in [-0.1, -0.05) is 0 Å². The lowest BCUT2D eigenvalue weighted by Gasteiger charge is -2.19. The van der Waals surface area contributed by atoms with Crippen molar-refractivity contribution in [2.24, 2.45) is 4.99 Å². The lowest BCUT2D eigenvalue weighted by molar-refractivity contribution is -0.143. The van der Waals surface area contributed by atoms with E-state index in [4.69, 9.17) is 9.47 Å². The van der Waals surface area contributed by atoms with Crippen molar-refractivity contribution >= 4 is 5.96 Å². The Morgan fingerprint density at radius 2 is 1.96 bits per heavy atom. The summed E-state index contributed by atoms with van der Waals surface area (Å²) in [6.07, 6.45) is -3.50. The summed E-state index contributed by atoms with van der Waals surface area (Å²) in [5, 5.41) is 6.32. The fourth-order valence-electron chi connectivity index (χ4n) is 2.85. The van der Waals surface area contributed by atoms with Crippen LogP contribution in [0.5, 0.6) is 11.5 Å². The molecule has 27 heavy (non-hydrogen) atoms. The molecule has 1 aliphatic rings. The van der Waals surface area contributed by atoms with Gasteiger partial charge in [-0.15, -0.1) is 0 Å². The van der Waals surface area contributed by atoms with Crippen molar-refractivity contribution in [1.82, 2.24) is 15.5 Å². The Hall–Kier alpha value is -2.16. The van der Waals surface area contributed by atoms with Crippen LogP contribution in [0.1, 0.15) is 13.3 Å². The van der Waals surface area contributed by atoms with E-state index in [2.05, 4.69) is 15.6 Å². The zero-order valence-electron chi connectivity index (χ0n) is 15.7. The highest BCUT2D eigenvalue weighted by atomic mass is 19.4. The van der Waals surface area contributed by atoms with Gasteiger partial charge in [-0.25, -0.2) is 4.99 Å². The number of methoxy groups -OCH3 is 1. The molecule has 1 aromatic carbocycles. The second-order valence-corrected chi connectivity index (χ2v) is 6.26. The van der Waals surface area contributed by atoms with Crippen LogP contribution in [0.2, 0.25) is 0 Å². The van der Waals surface area contributed by atoms with E-state index in [0.717, 1.165) is 11.5 Å². The number of rotatable bonds is 8. The molecule has 1 heterocycles. The maximum absolute atomic E-state index is 12.5. The van der Waals surface area contributed by atoms with Crippen molar-refractivity contribution in [1.29, 1.82) is 0 Å². The first-order chi connectivity index (χ1) is 12.9. The summed E-state index contributed by atoms with van der Waals surface area (Å²) >= 11 is 0. The van der Waals surface area contributed by atoms with Crippen molar-refractivity contribution in [3.63, 3.8) is 0 Å². The fraction of sp³-hybridized carbons (Fsp3) is 0.611. The summed E-state index contributed by atoms with van der Waals surface area (Å²) in [4.78, 5) is 5.84. The number of alkyl halides is 3. The first-order valence-electron chi connectivity index (χ1n) is 9.00.